The molecule has 0 aliphatic carbocycles. The molecule has 4 rings (SSSR count). The van der Waals surface area contributed by atoms with Gasteiger partial charge in [-0.3, -0.25) is 15.4 Å². The largest absolute Gasteiger partial charge is 0.444 e. The number of carbonyl (C=O) groups is 5. The maximum Gasteiger partial charge on any atom is 0.437 e. The second-order valence-electron chi connectivity index (χ2n) is 19.3. The van der Waals surface area contributed by atoms with Gasteiger partial charge in [-0.2, -0.15) is 13.2 Å². The number of guanidine groups is 2. The average molecular weight is 930 g/mol. The van der Waals surface area contributed by atoms with Crippen LogP contribution in [0, 0.1) is 5.82 Å². The zero-order valence-electron chi connectivity index (χ0n) is 39.3. The van der Waals surface area contributed by atoms with Crippen molar-refractivity contribution >= 4 is 59.0 Å². The summed E-state index contributed by atoms with van der Waals surface area (Å²) in [5.74, 6) is -1.96. The van der Waals surface area contributed by atoms with Crippen LogP contribution in [-0.4, -0.2) is 101 Å². The van der Waals surface area contributed by atoms with Crippen molar-refractivity contribution in [1.29, 1.82) is 0 Å². The van der Waals surface area contributed by atoms with Crippen LogP contribution in [-0.2, 0) is 25.1 Å². The molecule has 0 bridgehead atoms. The number of benzene rings is 2. The van der Waals surface area contributed by atoms with Gasteiger partial charge in [-0.15, -0.1) is 9.98 Å². The minimum absolute atomic E-state index is 0.0437. The third-order valence-electron chi connectivity index (χ3n) is 8.93. The Bertz CT molecular complexity index is 2310. The second-order valence-corrected chi connectivity index (χ2v) is 19.3. The van der Waals surface area contributed by atoms with Gasteiger partial charge >= 0.3 is 30.5 Å². The van der Waals surface area contributed by atoms with Gasteiger partial charge in [0.15, 0.2) is 0 Å². The van der Waals surface area contributed by atoms with Crippen molar-refractivity contribution in [3.05, 3.63) is 76.6 Å². The predicted molar refractivity (Wildman–Crippen MR) is 240 cm³/mol. The Morgan fingerprint density at radius 1 is 0.591 bits per heavy atom. The number of alkyl halides is 3. The fraction of sp³-hybridized carbons (Fsp3) is 0.500. The number of hydrogen-bond donors (Lipinski definition) is 3. The molecule has 0 saturated heterocycles. The number of aliphatic imine (C=N–C) groups is 2. The lowest BCUT2D eigenvalue weighted by atomic mass is 9.94. The van der Waals surface area contributed by atoms with Crippen LogP contribution < -0.4 is 16.0 Å². The Balaban J connectivity index is 1.51. The normalized spacial score (nSPS) is 15.5. The maximum absolute atomic E-state index is 15.7. The van der Waals surface area contributed by atoms with Crippen LogP contribution >= 0.6 is 0 Å². The highest BCUT2D eigenvalue weighted by Gasteiger charge is 2.36. The molecular weight excluding hydrogens is 871 g/mol. The maximum atomic E-state index is 15.7. The van der Waals surface area contributed by atoms with E-state index in [4.69, 9.17) is 18.9 Å². The summed E-state index contributed by atoms with van der Waals surface area (Å²) in [7, 11) is 0. The summed E-state index contributed by atoms with van der Waals surface area (Å²) in [5.41, 5.74) is -3.96. The van der Waals surface area contributed by atoms with Crippen LogP contribution in [0.15, 0.2) is 58.5 Å². The summed E-state index contributed by atoms with van der Waals surface area (Å²) in [6, 6.07) is 7.03. The molecule has 16 nitrogen and oxygen atoms in total. The first-order valence-electron chi connectivity index (χ1n) is 21.1. The van der Waals surface area contributed by atoms with E-state index in [1.165, 1.54) is 35.2 Å². The monoisotopic (exact) mass is 929 g/mol. The zero-order valence-corrected chi connectivity index (χ0v) is 39.3. The highest BCUT2D eigenvalue weighted by Crippen LogP contribution is 2.39. The lowest BCUT2D eigenvalue weighted by molar-refractivity contribution is -0.137. The Hall–Kier alpha value is -6.47. The number of alkyl carbamates (subject to hydrolysis) is 2. The van der Waals surface area contributed by atoms with E-state index in [1.807, 2.05) is 0 Å². The molecule has 0 aromatic heterocycles. The summed E-state index contributed by atoms with van der Waals surface area (Å²) in [6.45, 7) is 20.1. The third kappa shape index (κ3) is 16.5. The Labute approximate surface area is 381 Å². The van der Waals surface area contributed by atoms with Gasteiger partial charge in [-0.1, -0.05) is 24.3 Å². The van der Waals surface area contributed by atoms with Crippen LogP contribution in [0.25, 0.3) is 11.1 Å². The SMILES string of the molecule is CC(C)(C)OC(=O)/N=C(/NC(=O)OC(C)(C)C)N1CC=C(c2ccc(C(=O)Nc3ccc(C4=CCN(/C(=N\C(=O)OC(C)(C)C)NC(=O)OC(C)(C)C)CC4)c(C(F)(F)F)c3)cc2F)CC1. The smallest absolute Gasteiger partial charge is 0.437 e. The van der Waals surface area contributed by atoms with Crippen LogP contribution in [0.3, 0.4) is 0 Å². The molecule has 20 heteroatoms. The fourth-order valence-electron chi connectivity index (χ4n) is 6.36. The zero-order chi connectivity index (χ0) is 49.6. The number of rotatable bonds is 4. The number of carbonyl (C=O) groups excluding carboxylic acids is 5. The van der Waals surface area contributed by atoms with Crippen molar-refractivity contribution < 1.29 is 60.5 Å². The molecule has 3 N–H and O–H groups in total. The third-order valence-corrected chi connectivity index (χ3v) is 8.93. The second kappa shape index (κ2) is 20.4. The highest BCUT2D eigenvalue weighted by atomic mass is 19.4. The van der Waals surface area contributed by atoms with Crippen LogP contribution in [0.2, 0.25) is 0 Å². The molecule has 2 aliphatic rings. The Kier molecular flexibility index (Phi) is 16.1. The number of anilines is 1. The molecule has 2 aromatic carbocycles. The van der Waals surface area contributed by atoms with Gasteiger partial charge in [-0.25, -0.2) is 23.6 Å². The molecule has 0 atom stereocenters. The van der Waals surface area contributed by atoms with Gasteiger partial charge in [0.1, 0.15) is 28.2 Å². The molecule has 2 aromatic rings. The van der Waals surface area contributed by atoms with E-state index in [0.717, 1.165) is 12.1 Å². The average Bonchev–Trinajstić information content (AvgIpc) is 3.14. The van der Waals surface area contributed by atoms with Gasteiger partial charge in [0.2, 0.25) is 11.9 Å². The van der Waals surface area contributed by atoms with Gasteiger partial charge in [-0.05, 0) is 137 Å². The van der Waals surface area contributed by atoms with Crippen molar-refractivity contribution in [2.45, 2.75) is 125 Å². The van der Waals surface area contributed by atoms with E-state index in [9.17, 15) is 37.1 Å². The van der Waals surface area contributed by atoms with Crippen LogP contribution in [0.5, 0.6) is 0 Å². The summed E-state index contributed by atoms with van der Waals surface area (Å²) in [6.07, 6.45) is -5.09. The van der Waals surface area contributed by atoms with E-state index >= 15 is 4.39 Å². The van der Waals surface area contributed by atoms with Crippen LogP contribution in [0.4, 0.5) is 42.4 Å². The summed E-state index contributed by atoms with van der Waals surface area (Å²) < 4.78 is 80.6. The van der Waals surface area contributed by atoms with E-state index in [1.54, 1.807) is 94.1 Å². The fourth-order valence-corrected chi connectivity index (χ4v) is 6.36. The summed E-state index contributed by atoms with van der Waals surface area (Å²) >= 11 is 0. The van der Waals surface area contributed by atoms with Crippen molar-refractivity contribution in [3.8, 4) is 0 Å². The van der Waals surface area contributed by atoms with E-state index in [0.29, 0.717) is 11.1 Å². The number of ether oxygens (including phenoxy) is 4. The van der Waals surface area contributed by atoms with E-state index in [-0.39, 0.29) is 73.3 Å². The highest BCUT2D eigenvalue weighted by molar-refractivity contribution is 6.05. The number of hydrogen-bond acceptors (Lipinski definition) is 9. The van der Waals surface area contributed by atoms with Gasteiger partial charge in [0, 0.05) is 43.0 Å². The number of halogens is 4. The molecular formula is C46H59F4N7O9. The number of nitrogens with one attached hydrogen (secondary N) is 3. The van der Waals surface area contributed by atoms with E-state index in [2.05, 4.69) is 25.9 Å². The standard InChI is InChI=1S/C46H59F4N7O9/c1-42(2,3)63-38(59)52-36(53-39(60)64-43(4,5)6)56-21-17-27(18-22-56)31-16-14-30(26-33(31)46(48,49)50)51-35(58)29-13-15-32(34(47)25-29)28-19-23-57(24-20-28)37(54-40(61)65-44(7,8)9)55-41(62)66-45(10,11)12/h13-17,19,25-26H,18,20-24H2,1-12H3,(H,51,58)(H,52,53,59,60)(H,54,55,61,62). The quantitative estimate of drug-likeness (QED) is 0.115. The summed E-state index contributed by atoms with van der Waals surface area (Å²) in [4.78, 5) is 74.6. The van der Waals surface area contributed by atoms with Gasteiger partial charge in [0.05, 0.1) is 5.56 Å². The topological polar surface area (TPSA) is 190 Å². The number of amides is 5. The van der Waals surface area contributed by atoms with Crippen molar-refractivity contribution in [3.63, 3.8) is 0 Å². The molecule has 0 radical (unpaired) electrons. The molecule has 360 valence electrons. The molecule has 66 heavy (non-hydrogen) atoms. The molecule has 0 spiro atoms. The van der Waals surface area contributed by atoms with Gasteiger partial charge in [0.25, 0.3) is 5.91 Å². The number of nitrogens with zero attached hydrogens (tertiary/aromatic N) is 4. The first kappa shape index (κ1) is 52.2. The first-order chi connectivity index (χ1) is 30.2. The van der Waals surface area contributed by atoms with Gasteiger partial charge < -0.3 is 34.1 Å². The minimum Gasteiger partial charge on any atom is -0.444 e. The van der Waals surface area contributed by atoms with E-state index < -0.39 is 70.2 Å². The molecule has 5 amide bonds. The Morgan fingerprint density at radius 2 is 1.02 bits per heavy atom. The van der Waals surface area contributed by atoms with Crippen molar-refractivity contribution in [1.82, 2.24) is 20.4 Å². The predicted octanol–water partition coefficient (Wildman–Crippen LogP) is 9.91. The molecule has 0 saturated carbocycles. The summed E-state index contributed by atoms with van der Waals surface area (Å²) in [5, 5.41) is 7.37. The lowest BCUT2D eigenvalue weighted by Gasteiger charge is -2.30. The van der Waals surface area contributed by atoms with Crippen LogP contribution in [0.1, 0.15) is 123 Å². The molecule has 0 fully saturated rings. The van der Waals surface area contributed by atoms with Crippen molar-refractivity contribution in [2.24, 2.45) is 9.98 Å². The lowest BCUT2D eigenvalue weighted by Crippen LogP contribution is -2.48. The van der Waals surface area contributed by atoms with Crippen molar-refractivity contribution in [2.75, 3.05) is 31.5 Å². The molecule has 2 aliphatic heterocycles. The molecule has 0 unspecified atom stereocenters. The Morgan fingerprint density at radius 3 is 1.39 bits per heavy atom. The molecule has 2 heterocycles. The minimum atomic E-state index is -4.85. The first-order valence-corrected chi connectivity index (χ1v) is 21.1.